The number of halogens is 1. The Bertz CT molecular complexity index is 787. The lowest BCUT2D eigenvalue weighted by molar-refractivity contribution is -0.134. The number of benzene rings is 1. The number of carbonyl (C=O) groups is 3. The Kier molecular flexibility index (Phi) is 11.2. The maximum absolute atomic E-state index is 13.9. The zero-order valence-electron chi connectivity index (χ0n) is 18.7. The highest BCUT2D eigenvalue weighted by Gasteiger charge is 2.30. The molecule has 1 fully saturated rings. The van der Waals surface area contributed by atoms with Crippen molar-refractivity contribution in [2.75, 3.05) is 19.7 Å². The molecule has 0 spiro atoms. The molecular formula is C22H31FN2O7. The summed E-state index contributed by atoms with van der Waals surface area (Å²) < 4.78 is 24.9. The Labute approximate surface area is 186 Å². The van der Waals surface area contributed by atoms with E-state index in [-0.39, 0.29) is 18.7 Å². The highest BCUT2D eigenvalue weighted by Crippen LogP contribution is 2.20. The number of aliphatic carboxylic acids is 2. The van der Waals surface area contributed by atoms with Crippen LogP contribution in [-0.4, -0.2) is 64.9 Å². The molecule has 0 radical (unpaired) electrons. The van der Waals surface area contributed by atoms with Gasteiger partial charge in [-0.05, 0) is 38.0 Å². The van der Waals surface area contributed by atoms with Gasteiger partial charge in [-0.2, -0.15) is 0 Å². The molecule has 0 unspecified atom stereocenters. The first kappa shape index (κ1) is 26.9. The van der Waals surface area contributed by atoms with E-state index in [0.29, 0.717) is 36.0 Å². The molecule has 0 bridgehead atoms. The van der Waals surface area contributed by atoms with Gasteiger partial charge in [-0.25, -0.2) is 18.8 Å². The summed E-state index contributed by atoms with van der Waals surface area (Å²) in [6, 6.07) is 4.62. The van der Waals surface area contributed by atoms with Gasteiger partial charge in [0.2, 0.25) is 0 Å². The Morgan fingerprint density at radius 2 is 1.72 bits per heavy atom. The molecule has 1 amide bonds. The van der Waals surface area contributed by atoms with Crippen molar-refractivity contribution in [1.29, 1.82) is 0 Å². The van der Waals surface area contributed by atoms with E-state index in [1.807, 2.05) is 27.7 Å². The number of hydrogen-bond acceptors (Lipinski definition) is 6. The number of carboxylic acids is 2. The van der Waals surface area contributed by atoms with E-state index in [2.05, 4.69) is 5.32 Å². The van der Waals surface area contributed by atoms with Crippen molar-refractivity contribution >= 4 is 18.0 Å². The molecule has 0 saturated carbocycles. The lowest BCUT2D eigenvalue weighted by atomic mass is 10.1. The van der Waals surface area contributed by atoms with E-state index in [1.165, 1.54) is 6.07 Å². The monoisotopic (exact) mass is 454 g/mol. The zero-order chi connectivity index (χ0) is 24.3. The average molecular weight is 454 g/mol. The number of carbonyl (C=O) groups excluding carboxylic acids is 1. The topological polar surface area (TPSA) is 125 Å². The van der Waals surface area contributed by atoms with Crippen molar-refractivity contribution in [3.8, 4) is 5.75 Å². The smallest absolute Gasteiger partial charge is 0.410 e. The maximum atomic E-state index is 13.9. The zero-order valence-corrected chi connectivity index (χ0v) is 18.7. The van der Waals surface area contributed by atoms with Gasteiger partial charge in [0, 0.05) is 42.9 Å². The van der Waals surface area contributed by atoms with Gasteiger partial charge in [-0.3, -0.25) is 0 Å². The Hall–Kier alpha value is -3.14. The van der Waals surface area contributed by atoms with Crippen LogP contribution in [0.25, 0.3) is 0 Å². The van der Waals surface area contributed by atoms with E-state index in [4.69, 9.17) is 19.7 Å². The molecule has 1 aliphatic rings. The van der Waals surface area contributed by atoms with Crippen LogP contribution in [0.3, 0.4) is 0 Å². The summed E-state index contributed by atoms with van der Waals surface area (Å²) in [5.74, 6) is -1.95. The van der Waals surface area contributed by atoms with E-state index in [9.17, 15) is 18.8 Å². The van der Waals surface area contributed by atoms with Gasteiger partial charge in [0.1, 0.15) is 18.2 Å². The molecule has 178 valence electrons. The molecule has 1 heterocycles. The second-order valence-electron chi connectivity index (χ2n) is 7.79. The summed E-state index contributed by atoms with van der Waals surface area (Å²) in [5.41, 5.74) is 0.319. The number of rotatable bonds is 7. The number of nitrogens with zero attached hydrogens (tertiary/aromatic N) is 1. The molecule has 9 nitrogen and oxygen atoms in total. The first-order valence-corrected chi connectivity index (χ1v) is 10.2. The standard InChI is InChI=1S/C18H27FN2O3.C4H4O4/c1-12(2)10-23-16-5-6-17(19)15(7-16)11-24-18(22)21-13(3)8-20-9-14(21)4;5-3(6)1-2-4(7)8/h5-7,12-14,20H,8-11H2,1-4H3;1-2H,(H,5,6)(H,7,8)/b;2-1+/t13-,14+;. The highest BCUT2D eigenvalue weighted by molar-refractivity contribution is 5.89. The van der Waals surface area contributed by atoms with Crippen LogP contribution in [0.1, 0.15) is 33.3 Å². The molecule has 1 aliphatic heterocycles. The van der Waals surface area contributed by atoms with E-state index >= 15 is 0 Å². The van der Waals surface area contributed by atoms with Gasteiger partial charge in [0.25, 0.3) is 0 Å². The van der Waals surface area contributed by atoms with Crippen LogP contribution in [0.4, 0.5) is 9.18 Å². The average Bonchev–Trinajstić information content (AvgIpc) is 2.71. The fourth-order valence-corrected chi connectivity index (χ4v) is 2.86. The van der Waals surface area contributed by atoms with Crippen LogP contribution in [0, 0.1) is 11.7 Å². The van der Waals surface area contributed by atoms with Crippen LogP contribution in [0.15, 0.2) is 30.4 Å². The highest BCUT2D eigenvalue weighted by atomic mass is 19.1. The summed E-state index contributed by atoms with van der Waals surface area (Å²) >= 11 is 0. The Balaban J connectivity index is 0.000000547. The molecular weight excluding hydrogens is 423 g/mol. The minimum Gasteiger partial charge on any atom is -0.493 e. The second-order valence-corrected chi connectivity index (χ2v) is 7.79. The van der Waals surface area contributed by atoms with Crippen molar-refractivity contribution in [3.05, 3.63) is 41.7 Å². The SMILES string of the molecule is CC(C)COc1ccc(F)c(COC(=O)N2[C@H](C)CNC[C@@H]2C)c1.O=C(O)/C=C/C(=O)O. The van der Waals surface area contributed by atoms with Gasteiger partial charge >= 0.3 is 18.0 Å². The van der Waals surface area contributed by atoms with Gasteiger partial charge in [-0.15, -0.1) is 0 Å². The first-order chi connectivity index (χ1) is 15.0. The van der Waals surface area contributed by atoms with Crippen molar-refractivity contribution in [2.24, 2.45) is 5.92 Å². The Morgan fingerprint density at radius 3 is 2.22 bits per heavy atom. The van der Waals surface area contributed by atoms with Gasteiger partial charge in [0.05, 0.1) is 6.61 Å². The summed E-state index contributed by atoms with van der Waals surface area (Å²) in [7, 11) is 0. The molecule has 1 saturated heterocycles. The molecule has 0 aromatic heterocycles. The lowest BCUT2D eigenvalue weighted by Crippen LogP contribution is -2.57. The maximum Gasteiger partial charge on any atom is 0.410 e. The number of nitrogens with one attached hydrogen (secondary N) is 1. The second kappa shape index (κ2) is 13.3. The van der Waals surface area contributed by atoms with Gasteiger partial charge in [-0.1, -0.05) is 13.8 Å². The third kappa shape index (κ3) is 9.78. The number of ether oxygens (including phenoxy) is 2. The minimum atomic E-state index is -1.26. The third-order valence-electron chi connectivity index (χ3n) is 4.36. The Morgan fingerprint density at radius 1 is 1.16 bits per heavy atom. The van der Waals surface area contributed by atoms with Crippen LogP contribution >= 0.6 is 0 Å². The fourth-order valence-electron chi connectivity index (χ4n) is 2.86. The fraction of sp³-hybridized carbons (Fsp3) is 0.500. The third-order valence-corrected chi connectivity index (χ3v) is 4.36. The lowest BCUT2D eigenvalue weighted by Gasteiger charge is -2.38. The number of hydrogen-bond donors (Lipinski definition) is 3. The molecule has 32 heavy (non-hydrogen) atoms. The van der Waals surface area contributed by atoms with Crippen LogP contribution in [0.2, 0.25) is 0 Å². The van der Waals surface area contributed by atoms with E-state index < -0.39 is 23.8 Å². The quantitative estimate of drug-likeness (QED) is 0.537. The van der Waals surface area contributed by atoms with Gasteiger partial charge < -0.3 is 29.9 Å². The summed E-state index contributed by atoms with van der Waals surface area (Å²) in [6.45, 7) is 9.92. The first-order valence-electron chi connectivity index (χ1n) is 10.2. The summed E-state index contributed by atoms with van der Waals surface area (Å²) in [5, 5.41) is 18.9. The molecule has 3 N–H and O–H groups in total. The molecule has 1 aromatic rings. The molecule has 0 aliphatic carbocycles. The minimum absolute atomic E-state index is 0.0480. The van der Waals surface area contributed by atoms with Crippen molar-refractivity contribution in [2.45, 2.75) is 46.4 Å². The number of piperazine rings is 1. The van der Waals surface area contributed by atoms with Crippen molar-refractivity contribution in [1.82, 2.24) is 10.2 Å². The van der Waals surface area contributed by atoms with Crippen molar-refractivity contribution in [3.63, 3.8) is 0 Å². The largest absolute Gasteiger partial charge is 0.493 e. The normalized spacial score (nSPS) is 18.1. The van der Waals surface area contributed by atoms with Gasteiger partial charge in [0.15, 0.2) is 0 Å². The van der Waals surface area contributed by atoms with Crippen molar-refractivity contribution < 1.29 is 38.5 Å². The summed E-state index contributed by atoms with van der Waals surface area (Å²) in [4.78, 5) is 33.1. The van der Waals surface area contributed by atoms with Crippen LogP contribution in [-0.2, 0) is 20.9 Å². The predicted octanol–water partition coefficient (Wildman–Crippen LogP) is 2.89. The number of amides is 1. The molecule has 10 heteroatoms. The molecule has 2 rings (SSSR count). The molecule has 2 atom stereocenters. The van der Waals surface area contributed by atoms with Crippen LogP contribution < -0.4 is 10.1 Å². The predicted molar refractivity (Wildman–Crippen MR) is 115 cm³/mol. The molecule has 1 aromatic carbocycles. The van der Waals surface area contributed by atoms with E-state index in [1.54, 1.807) is 17.0 Å². The summed E-state index contributed by atoms with van der Waals surface area (Å²) in [6.07, 6.45) is 0.703. The van der Waals surface area contributed by atoms with Crippen LogP contribution in [0.5, 0.6) is 5.75 Å². The number of carboxylic acid groups (broad SMARTS) is 2. The van der Waals surface area contributed by atoms with E-state index in [0.717, 1.165) is 13.1 Å².